The largest absolute Gasteiger partial charge is 0.497 e. The molecule has 0 radical (unpaired) electrons. The lowest BCUT2D eigenvalue weighted by Crippen LogP contribution is -2.41. The zero-order valence-electron chi connectivity index (χ0n) is 14.2. The number of hydrogen-bond acceptors (Lipinski definition) is 7. The molecule has 2 heterocycles. The molecule has 1 aliphatic rings. The lowest BCUT2D eigenvalue weighted by molar-refractivity contribution is 0.0298. The van der Waals surface area contributed by atoms with E-state index in [1.165, 1.54) is 0 Å². The third kappa shape index (κ3) is 3.97. The maximum atomic E-state index is 12.4. The minimum Gasteiger partial charge on any atom is -0.497 e. The number of morpholine rings is 1. The minimum absolute atomic E-state index is 0.135. The van der Waals surface area contributed by atoms with E-state index in [1.54, 1.807) is 37.3 Å². The summed E-state index contributed by atoms with van der Waals surface area (Å²) in [5.74, 6) is 1.70. The molecular formula is C17H20N4O4. The molecule has 0 saturated carbocycles. The normalized spacial score (nSPS) is 14.1. The molecule has 3 rings (SSSR count). The summed E-state index contributed by atoms with van der Waals surface area (Å²) in [5, 5.41) is 11.2. The number of ether oxygens (including phenoxy) is 3. The molecule has 8 nitrogen and oxygen atoms in total. The highest BCUT2D eigenvalue weighted by Crippen LogP contribution is 2.30. The standard InChI is InChI=1S/C17H20N4O4/c1-23-12-3-4-13(15(11-12)24-2)18-16-6-5-14(19-20-16)17(22)21-7-9-25-10-8-21/h3-6,11H,7-10H2,1-2H3,(H,18,20). The van der Waals surface area contributed by atoms with E-state index in [9.17, 15) is 4.79 Å². The number of nitrogens with one attached hydrogen (secondary N) is 1. The summed E-state index contributed by atoms with van der Waals surface area (Å²) in [6.45, 7) is 2.25. The highest BCUT2D eigenvalue weighted by atomic mass is 16.5. The third-order valence-corrected chi connectivity index (χ3v) is 3.85. The highest BCUT2D eigenvalue weighted by Gasteiger charge is 2.20. The Bertz CT molecular complexity index is 730. The molecular weight excluding hydrogens is 324 g/mol. The number of hydrogen-bond donors (Lipinski definition) is 1. The summed E-state index contributed by atoms with van der Waals surface area (Å²) in [7, 11) is 3.17. The van der Waals surface area contributed by atoms with E-state index < -0.39 is 0 Å². The molecule has 0 unspecified atom stereocenters. The molecule has 1 aliphatic heterocycles. The Labute approximate surface area is 145 Å². The van der Waals surface area contributed by atoms with Gasteiger partial charge in [-0.3, -0.25) is 4.79 Å². The number of methoxy groups -OCH3 is 2. The molecule has 1 fully saturated rings. The number of carbonyl (C=O) groups excluding carboxylic acids is 1. The first-order valence-corrected chi connectivity index (χ1v) is 7.91. The van der Waals surface area contributed by atoms with Gasteiger partial charge in [-0.2, -0.15) is 0 Å². The van der Waals surface area contributed by atoms with Gasteiger partial charge in [0.2, 0.25) is 0 Å². The molecule has 2 aromatic rings. The molecule has 0 atom stereocenters. The van der Waals surface area contributed by atoms with Gasteiger partial charge in [-0.05, 0) is 24.3 Å². The van der Waals surface area contributed by atoms with Crippen LogP contribution in [0.2, 0.25) is 0 Å². The molecule has 0 aliphatic carbocycles. The van der Waals surface area contributed by atoms with Gasteiger partial charge in [0.05, 0.1) is 33.1 Å². The average molecular weight is 344 g/mol. The van der Waals surface area contributed by atoms with Crippen molar-refractivity contribution < 1.29 is 19.0 Å². The summed E-state index contributed by atoms with van der Waals surface area (Å²) in [6.07, 6.45) is 0. The van der Waals surface area contributed by atoms with Crippen molar-refractivity contribution in [1.29, 1.82) is 0 Å². The van der Waals surface area contributed by atoms with Crippen molar-refractivity contribution in [3.05, 3.63) is 36.0 Å². The van der Waals surface area contributed by atoms with Gasteiger partial charge in [0.25, 0.3) is 5.91 Å². The molecule has 1 amide bonds. The monoisotopic (exact) mass is 344 g/mol. The Hall–Kier alpha value is -2.87. The summed E-state index contributed by atoms with van der Waals surface area (Å²) in [4.78, 5) is 14.1. The quantitative estimate of drug-likeness (QED) is 0.883. The van der Waals surface area contributed by atoms with E-state index in [4.69, 9.17) is 14.2 Å². The first-order chi connectivity index (χ1) is 12.2. The van der Waals surface area contributed by atoms with Crippen LogP contribution in [0.3, 0.4) is 0 Å². The fourth-order valence-corrected chi connectivity index (χ4v) is 2.48. The second kappa shape index (κ2) is 7.80. The van der Waals surface area contributed by atoms with Crippen molar-refractivity contribution in [2.45, 2.75) is 0 Å². The maximum Gasteiger partial charge on any atom is 0.274 e. The zero-order chi connectivity index (χ0) is 17.6. The number of aromatic nitrogens is 2. The summed E-state index contributed by atoms with van der Waals surface area (Å²) < 4.78 is 15.8. The summed E-state index contributed by atoms with van der Waals surface area (Å²) >= 11 is 0. The second-order valence-corrected chi connectivity index (χ2v) is 5.40. The molecule has 1 aromatic carbocycles. The van der Waals surface area contributed by atoms with E-state index in [2.05, 4.69) is 15.5 Å². The second-order valence-electron chi connectivity index (χ2n) is 5.40. The van der Waals surface area contributed by atoms with Crippen LogP contribution in [0.25, 0.3) is 0 Å². The fraction of sp³-hybridized carbons (Fsp3) is 0.353. The summed E-state index contributed by atoms with van der Waals surface area (Å²) in [5.41, 5.74) is 1.04. The molecule has 25 heavy (non-hydrogen) atoms. The highest BCUT2D eigenvalue weighted by molar-refractivity contribution is 5.92. The van der Waals surface area contributed by atoms with E-state index in [0.29, 0.717) is 49.3 Å². The van der Waals surface area contributed by atoms with Gasteiger partial charge >= 0.3 is 0 Å². The Balaban J connectivity index is 1.71. The Morgan fingerprint density at radius 3 is 2.56 bits per heavy atom. The Morgan fingerprint density at radius 1 is 1.12 bits per heavy atom. The first kappa shape index (κ1) is 17.0. The SMILES string of the molecule is COc1ccc(Nc2ccc(C(=O)N3CCOCC3)nn2)c(OC)c1. The van der Waals surface area contributed by atoms with E-state index >= 15 is 0 Å². The van der Waals surface area contributed by atoms with Crippen molar-refractivity contribution >= 4 is 17.4 Å². The van der Waals surface area contributed by atoms with Crippen LogP contribution in [0.1, 0.15) is 10.5 Å². The number of amides is 1. The number of nitrogens with zero attached hydrogens (tertiary/aromatic N) is 3. The van der Waals surface area contributed by atoms with E-state index in [0.717, 1.165) is 5.69 Å². The molecule has 1 aromatic heterocycles. The van der Waals surface area contributed by atoms with Gasteiger partial charge in [-0.15, -0.1) is 10.2 Å². The molecule has 8 heteroatoms. The van der Waals surface area contributed by atoms with E-state index in [-0.39, 0.29) is 5.91 Å². The van der Waals surface area contributed by atoms with Crippen molar-refractivity contribution in [2.24, 2.45) is 0 Å². The lowest BCUT2D eigenvalue weighted by Gasteiger charge is -2.26. The van der Waals surface area contributed by atoms with Crippen LogP contribution in [0.15, 0.2) is 30.3 Å². The van der Waals surface area contributed by atoms with Crippen LogP contribution in [0.4, 0.5) is 11.5 Å². The number of benzene rings is 1. The predicted octanol–water partition coefficient (Wildman–Crippen LogP) is 1.71. The third-order valence-electron chi connectivity index (χ3n) is 3.85. The molecule has 1 N–H and O–H groups in total. The van der Waals surface area contributed by atoms with Crippen LogP contribution in [0.5, 0.6) is 11.5 Å². The minimum atomic E-state index is -0.135. The van der Waals surface area contributed by atoms with Gasteiger partial charge in [0.1, 0.15) is 11.5 Å². The molecule has 1 saturated heterocycles. The smallest absolute Gasteiger partial charge is 0.274 e. The first-order valence-electron chi connectivity index (χ1n) is 7.91. The molecule has 0 bridgehead atoms. The fourth-order valence-electron chi connectivity index (χ4n) is 2.48. The van der Waals surface area contributed by atoms with Gasteiger partial charge < -0.3 is 24.4 Å². The van der Waals surface area contributed by atoms with E-state index in [1.807, 2.05) is 12.1 Å². The Morgan fingerprint density at radius 2 is 1.92 bits per heavy atom. The van der Waals surface area contributed by atoms with Gasteiger partial charge in [-0.25, -0.2) is 0 Å². The topological polar surface area (TPSA) is 85.8 Å². The van der Waals surface area contributed by atoms with Crippen molar-refractivity contribution in [3.8, 4) is 11.5 Å². The van der Waals surface area contributed by atoms with Crippen LogP contribution >= 0.6 is 0 Å². The van der Waals surface area contributed by atoms with Gasteiger partial charge in [0.15, 0.2) is 11.5 Å². The van der Waals surface area contributed by atoms with Crippen LogP contribution < -0.4 is 14.8 Å². The average Bonchev–Trinajstić information content (AvgIpc) is 2.69. The molecule has 0 spiro atoms. The number of carbonyl (C=O) groups is 1. The zero-order valence-corrected chi connectivity index (χ0v) is 14.2. The maximum absolute atomic E-state index is 12.4. The molecule has 132 valence electrons. The van der Waals surface area contributed by atoms with Crippen molar-refractivity contribution in [1.82, 2.24) is 15.1 Å². The summed E-state index contributed by atoms with van der Waals surface area (Å²) in [6, 6.07) is 8.78. The number of rotatable bonds is 5. The van der Waals surface area contributed by atoms with Crippen LogP contribution in [-0.4, -0.2) is 61.5 Å². The van der Waals surface area contributed by atoms with Crippen molar-refractivity contribution in [3.63, 3.8) is 0 Å². The Kier molecular flexibility index (Phi) is 5.30. The van der Waals surface area contributed by atoms with Crippen LogP contribution in [-0.2, 0) is 4.74 Å². The van der Waals surface area contributed by atoms with Gasteiger partial charge in [0, 0.05) is 19.2 Å². The predicted molar refractivity (Wildman–Crippen MR) is 91.6 cm³/mol. The number of anilines is 2. The van der Waals surface area contributed by atoms with Gasteiger partial charge in [-0.1, -0.05) is 0 Å². The lowest BCUT2D eigenvalue weighted by atomic mass is 10.2. The van der Waals surface area contributed by atoms with Crippen molar-refractivity contribution in [2.75, 3.05) is 45.8 Å². The van der Waals surface area contributed by atoms with Crippen LogP contribution in [0, 0.1) is 0 Å².